The van der Waals surface area contributed by atoms with Crippen LogP contribution in [-0.4, -0.2) is 17.0 Å². The van der Waals surface area contributed by atoms with Crippen molar-refractivity contribution in [3.8, 4) is 0 Å². The van der Waals surface area contributed by atoms with Gasteiger partial charge in [-0.25, -0.2) is 4.79 Å². The first-order chi connectivity index (χ1) is 6.37. The lowest BCUT2D eigenvalue weighted by Gasteiger charge is -2.18. The summed E-state index contributed by atoms with van der Waals surface area (Å²) in [6.07, 6.45) is 0. The number of carboxylic acids is 1. The van der Waals surface area contributed by atoms with Gasteiger partial charge in [0.1, 0.15) is 6.04 Å². The van der Waals surface area contributed by atoms with E-state index in [0.29, 0.717) is 5.56 Å². The van der Waals surface area contributed by atoms with E-state index in [1.54, 1.807) is 18.4 Å². The van der Waals surface area contributed by atoms with Gasteiger partial charge < -0.3 is 10.8 Å². The van der Waals surface area contributed by atoms with Gasteiger partial charge in [0.15, 0.2) is 0 Å². The van der Waals surface area contributed by atoms with Gasteiger partial charge in [-0.1, -0.05) is 0 Å². The molecule has 0 aliphatic carbocycles. The van der Waals surface area contributed by atoms with E-state index < -0.39 is 17.9 Å². The average Bonchev–Trinajstić information content (AvgIpc) is 2.49. The Balaban J connectivity index is 3.02. The molecule has 1 aromatic rings. The van der Waals surface area contributed by atoms with Crippen molar-refractivity contribution in [1.82, 2.24) is 0 Å². The van der Waals surface area contributed by atoms with Crippen molar-refractivity contribution in [2.75, 3.05) is 0 Å². The molecule has 0 aromatic carbocycles. The Labute approximate surface area is 83.2 Å². The molecule has 1 rings (SSSR count). The summed E-state index contributed by atoms with van der Waals surface area (Å²) in [7, 11) is 0. The normalized spacial score (nSPS) is 14.0. The molecule has 1 aromatic heterocycles. The molecular formula is C8H9F2NO2S. The van der Waals surface area contributed by atoms with Crippen LogP contribution in [0.5, 0.6) is 0 Å². The van der Waals surface area contributed by atoms with Gasteiger partial charge in [-0.2, -0.15) is 8.78 Å². The number of aryl methyl sites for hydroxylation is 1. The Morgan fingerprint density at radius 1 is 1.71 bits per heavy atom. The second kappa shape index (κ2) is 3.62. The standard InChI is InChI=1S/C8H9F2NO2S/c1-4-2-3-14-5(4)6(11)8(9,10)7(12)13/h2-3,6H,11H2,1H3,(H,12,13)/t6-/m1/s1. The van der Waals surface area contributed by atoms with E-state index in [1.165, 1.54) is 0 Å². The van der Waals surface area contributed by atoms with Crippen molar-refractivity contribution in [1.29, 1.82) is 0 Å². The molecule has 1 heterocycles. The smallest absolute Gasteiger partial charge is 0.376 e. The molecule has 0 amide bonds. The number of halogens is 2. The summed E-state index contributed by atoms with van der Waals surface area (Å²) in [6, 6.07) is -0.155. The lowest BCUT2D eigenvalue weighted by atomic mass is 10.1. The third-order valence-corrected chi connectivity index (χ3v) is 2.96. The quantitative estimate of drug-likeness (QED) is 0.817. The van der Waals surface area contributed by atoms with E-state index in [4.69, 9.17) is 10.8 Å². The largest absolute Gasteiger partial charge is 0.477 e. The Morgan fingerprint density at radius 2 is 2.29 bits per heavy atom. The maximum absolute atomic E-state index is 13.0. The van der Waals surface area contributed by atoms with Crippen molar-refractivity contribution in [2.45, 2.75) is 18.9 Å². The molecule has 0 aliphatic rings. The molecule has 0 saturated heterocycles. The Hall–Kier alpha value is -1.01. The van der Waals surface area contributed by atoms with Crippen molar-refractivity contribution < 1.29 is 18.7 Å². The topological polar surface area (TPSA) is 63.3 Å². The Kier molecular flexibility index (Phi) is 2.86. The maximum Gasteiger partial charge on any atom is 0.376 e. The number of nitrogens with two attached hydrogens (primary N) is 1. The predicted octanol–water partition coefficient (Wildman–Crippen LogP) is 1.78. The van der Waals surface area contributed by atoms with Crippen molar-refractivity contribution in [3.63, 3.8) is 0 Å². The van der Waals surface area contributed by atoms with E-state index in [9.17, 15) is 13.6 Å². The number of carboxylic acid groups (broad SMARTS) is 1. The number of carbonyl (C=O) groups is 1. The molecule has 0 radical (unpaired) electrons. The van der Waals surface area contributed by atoms with E-state index in [0.717, 1.165) is 11.3 Å². The van der Waals surface area contributed by atoms with Crippen LogP contribution in [0.15, 0.2) is 11.4 Å². The summed E-state index contributed by atoms with van der Waals surface area (Å²) in [5, 5.41) is 9.88. The zero-order valence-electron chi connectivity index (χ0n) is 7.33. The summed E-state index contributed by atoms with van der Waals surface area (Å²) >= 11 is 1.03. The number of hydrogen-bond acceptors (Lipinski definition) is 3. The van der Waals surface area contributed by atoms with E-state index >= 15 is 0 Å². The minimum absolute atomic E-state index is 0.206. The number of thiophene rings is 1. The minimum Gasteiger partial charge on any atom is -0.477 e. The molecule has 14 heavy (non-hydrogen) atoms. The number of alkyl halides is 2. The van der Waals surface area contributed by atoms with Gasteiger partial charge in [-0.3, -0.25) is 0 Å². The van der Waals surface area contributed by atoms with Gasteiger partial charge >= 0.3 is 11.9 Å². The van der Waals surface area contributed by atoms with Crippen LogP contribution < -0.4 is 5.73 Å². The van der Waals surface area contributed by atoms with E-state index in [2.05, 4.69) is 0 Å². The lowest BCUT2D eigenvalue weighted by Crippen LogP contribution is -2.40. The fraction of sp³-hybridized carbons (Fsp3) is 0.375. The van der Waals surface area contributed by atoms with E-state index in [-0.39, 0.29) is 4.88 Å². The highest BCUT2D eigenvalue weighted by Gasteiger charge is 2.47. The van der Waals surface area contributed by atoms with Gasteiger partial charge in [0.25, 0.3) is 0 Å². The van der Waals surface area contributed by atoms with Crippen LogP contribution in [-0.2, 0) is 4.79 Å². The predicted molar refractivity (Wildman–Crippen MR) is 48.6 cm³/mol. The van der Waals surface area contributed by atoms with Crippen molar-refractivity contribution in [2.24, 2.45) is 5.73 Å². The molecular weight excluding hydrogens is 212 g/mol. The molecule has 1 atom stereocenters. The molecule has 78 valence electrons. The highest BCUT2D eigenvalue weighted by atomic mass is 32.1. The van der Waals surface area contributed by atoms with E-state index in [1.807, 2.05) is 0 Å². The zero-order valence-corrected chi connectivity index (χ0v) is 8.15. The summed E-state index contributed by atoms with van der Waals surface area (Å²) in [5.41, 5.74) is 5.79. The maximum atomic E-state index is 13.0. The van der Waals surface area contributed by atoms with Crippen LogP contribution in [0.3, 0.4) is 0 Å². The first-order valence-electron chi connectivity index (χ1n) is 3.78. The van der Waals surface area contributed by atoms with Crippen LogP contribution in [0.4, 0.5) is 8.78 Å². The van der Waals surface area contributed by atoms with Crippen molar-refractivity contribution >= 4 is 17.3 Å². The molecule has 0 fully saturated rings. The van der Waals surface area contributed by atoms with Gasteiger partial charge in [0.2, 0.25) is 0 Å². The van der Waals surface area contributed by atoms with Crippen molar-refractivity contribution in [3.05, 3.63) is 21.9 Å². The highest BCUT2D eigenvalue weighted by molar-refractivity contribution is 7.10. The summed E-state index contributed by atoms with van der Waals surface area (Å²) in [4.78, 5) is 10.4. The monoisotopic (exact) mass is 221 g/mol. The molecule has 3 N–H and O–H groups in total. The minimum atomic E-state index is -3.92. The Bertz CT molecular complexity index is 351. The molecule has 3 nitrogen and oxygen atoms in total. The fourth-order valence-electron chi connectivity index (χ4n) is 1.00. The lowest BCUT2D eigenvalue weighted by molar-refractivity contribution is -0.168. The van der Waals surface area contributed by atoms with Crippen LogP contribution in [0.25, 0.3) is 0 Å². The van der Waals surface area contributed by atoms with Gasteiger partial charge in [0, 0.05) is 4.88 Å². The highest BCUT2D eigenvalue weighted by Crippen LogP contribution is 2.34. The first-order valence-corrected chi connectivity index (χ1v) is 4.66. The zero-order chi connectivity index (χ0) is 10.9. The van der Waals surface area contributed by atoms with Gasteiger partial charge in [-0.15, -0.1) is 11.3 Å². The average molecular weight is 221 g/mol. The van der Waals surface area contributed by atoms with Gasteiger partial charge in [-0.05, 0) is 23.9 Å². The first kappa shape index (κ1) is 11.1. The fourth-order valence-corrected chi connectivity index (χ4v) is 1.97. The number of rotatable bonds is 3. The third kappa shape index (κ3) is 1.76. The molecule has 0 unspecified atom stereocenters. The number of hydrogen-bond donors (Lipinski definition) is 2. The second-order valence-electron chi connectivity index (χ2n) is 2.87. The second-order valence-corrected chi connectivity index (χ2v) is 3.82. The summed E-state index contributed by atoms with van der Waals surface area (Å²) in [5.74, 6) is -6.12. The van der Waals surface area contributed by atoms with Crippen LogP contribution in [0.1, 0.15) is 16.5 Å². The Morgan fingerprint density at radius 3 is 2.64 bits per heavy atom. The number of aliphatic carboxylic acids is 1. The molecule has 0 aliphatic heterocycles. The third-order valence-electron chi connectivity index (χ3n) is 1.86. The van der Waals surface area contributed by atoms with Gasteiger partial charge in [0.05, 0.1) is 0 Å². The SMILES string of the molecule is Cc1ccsc1[C@@H](N)C(F)(F)C(=O)O. The van der Waals surface area contributed by atoms with Crippen LogP contribution >= 0.6 is 11.3 Å². The summed E-state index contributed by atoms with van der Waals surface area (Å²) < 4.78 is 25.9. The molecule has 0 spiro atoms. The van der Waals surface area contributed by atoms with Crippen LogP contribution in [0, 0.1) is 6.92 Å². The molecule has 0 bridgehead atoms. The summed E-state index contributed by atoms with van der Waals surface area (Å²) in [6.45, 7) is 1.61. The molecule has 0 saturated carbocycles. The van der Waals surface area contributed by atoms with Crippen LogP contribution in [0.2, 0.25) is 0 Å². The molecule has 6 heteroatoms.